The molecule has 0 bridgehead atoms. The molecule has 10 nitrogen and oxygen atoms in total. The van der Waals surface area contributed by atoms with Gasteiger partial charge in [0.05, 0.1) is 35.5 Å². The molecule has 2 aliphatic rings. The molecule has 0 aromatic carbocycles. The van der Waals surface area contributed by atoms with Gasteiger partial charge in [-0.3, -0.25) is 4.79 Å². The maximum absolute atomic E-state index is 14.7. The van der Waals surface area contributed by atoms with Crippen LogP contribution in [0.3, 0.4) is 0 Å². The number of likely N-dealkylation sites (tertiary alicyclic amines) is 1. The topological polar surface area (TPSA) is 114 Å². The monoisotopic (exact) mass is 619 g/mol. The summed E-state index contributed by atoms with van der Waals surface area (Å²) in [6.07, 6.45) is -3.83. The molecule has 1 unspecified atom stereocenters. The Bertz CT molecular complexity index is 1320. The van der Waals surface area contributed by atoms with Crippen LogP contribution in [0.1, 0.15) is 57.9 Å². The summed E-state index contributed by atoms with van der Waals surface area (Å²) in [6.45, 7) is 9.59. The number of hydrogen-bond acceptors (Lipinski definition) is 8. The third-order valence-corrected chi connectivity index (χ3v) is 8.47. The third kappa shape index (κ3) is 7.03. The van der Waals surface area contributed by atoms with E-state index in [0.29, 0.717) is 36.0 Å². The Balaban J connectivity index is 1.85. The number of carboxylic acid groups (broad SMARTS) is 1. The second kappa shape index (κ2) is 13.2. The number of halogens is 3. The first-order valence-electron chi connectivity index (χ1n) is 15.1. The lowest BCUT2D eigenvalue weighted by Gasteiger charge is -2.54. The minimum atomic E-state index is -4.69. The summed E-state index contributed by atoms with van der Waals surface area (Å²) in [4.78, 5) is 39.8. The highest BCUT2D eigenvalue weighted by atomic mass is 19.4. The highest BCUT2D eigenvalue weighted by molar-refractivity contribution is 5.99. The molecule has 2 fully saturated rings. The van der Waals surface area contributed by atoms with Gasteiger partial charge in [0.15, 0.2) is 5.69 Å². The number of piperazine rings is 1. The highest BCUT2D eigenvalue weighted by Gasteiger charge is 2.56. The van der Waals surface area contributed by atoms with E-state index in [9.17, 15) is 27.9 Å². The van der Waals surface area contributed by atoms with E-state index in [-0.39, 0.29) is 31.2 Å². The van der Waals surface area contributed by atoms with Crippen LogP contribution in [-0.2, 0) is 0 Å². The number of nitrogens with zero attached hydrogens (tertiary/aromatic N) is 5. The minimum Gasteiger partial charge on any atom is -0.530 e. The van der Waals surface area contributed by atoms with Crippen molar-refractivity contribution in [1.29, 1.82) is 0 Å². The molecule has 0 aliphatic carbocycles. The maximum atomic E-state index is 14.7. The van der Waals surface area contributed by atoms with Gasteiger partial charge in [0.2, 0.25) is 5.88 Å². The number of likely N-dealkylation sites (N-methyl/N-ethyl adjacent to an activating group) is 1. The molecule has 0 spiro atoms. The summed E-state index contributed by atoms with van der Waals surface area (Å²) in [5.41, 5.74) is 0.0395. The first-order chi connectivity index (χ1) is 20.7. The molecule has 44 heavy (non-hydrogen) atoms. The number of ether oxygens (including phenoxy) is 1. The molecule has 0 saturated carbocycles. The highest BCUT2D eigenvalue weighted by Crippen LogP contribution is 2.47. The molecule has 4 rings (SSSR count). The van der Waals surface area contributed by atoms with E-state index in [1.165, 1.54) is 20.8 Å². The summed E-state index contributed by atoms with van der Waals surface area (Å²) in [6, 6.07) is 4.35. The second-order valence-corrected chi connectivity index (χ2v) is 12.6. The van der Waals surface area contributed by atoms with Crippen LogP contribution >= 0.6 is 0 Å². The molecule has 2 aliphatic heterocycles. The number of hydrogen-bond donors (Lipinski definition) is 1. The second-order valence-electron chi connectivity index (χ2n) is 12.6. The van der Waals surface area contributed by atoms with Gasteiger partial charge in [-0.05, 0) is 63.0 Å². The lowest BCUT2D eigenvalue weighted by atomic mass is 9.71. The van der Waals surface area contributed by atoms with Crippen LogP contribution in [0.25, 0.3) is 11.3 Å². The molecular formula is C31H42F3N6O4-. The van der Waals surface area contributed by atoms with E-state index in [1.807, 2.05) is 14.0 Å². The largest absolute Gasteiger partial charge is 0.530 e. The Morgan fingerprint density at radius 1 is 1.14 bits per heavy atom. The fourth-order valence-electron chi connectivity index (χ4n) is 6.64. The predicted molar refractivity (Wildman–Crippen MR) is 158 cm³/mol. The van der Waals surface area contributed by atoms with Crippen molar-refractivity contribution < 1.29 is 32.6 Å². The molecular weight excluding hydrogens is 577 g/mol. The van der Waals surface area contributed by atoms with Crippen LogP contribution in [0.2, 0.25) is 0 Å². The number of rotatable bonds is 8. The molecule has 0 radical (unpaired) electrons. The number of carbonyl (C=O) groups excluding carboxylic acids is 2. The maximum Gasteiger partial charge on any atom is 0.394 e. The number of carbonyl (C=O) groups is 2. The van der Waals surface area contributed by atoms with Gasteiger partial charge >= 0.3 is 6.18 Å². The first-order valence-corrected chi connectivity index (χ1v) is 15.1. The summed E-state index contributed by atoms with van der Waals surface area (Å²) in [5.74, 6) is -2.12. The first kappa shape index (κ1) is 33.3. The van der Waals surface area contributed by atoms with Gasteiger partial charge in [-0.2, -0.15) is 13.2 Å². The van der Waals surface area contributed by atoms with Crippen molar-refractivity contribution in [2.75, 3.05) is 44.7 Å². The van der Waals surface area contributed by atoms with Crippen LogP contribution < -0.4 is 20.1 Å². The third-order valence-electron chi connectivity index (χ3n) is 8.47. The minimum absolute atomic E-state index is 0.0433. The van der Waals surface area contributed by atoms with Crippen molar-refractivity contribution in [3.63, 3.8) is 0 Å². The van der Waals surface area contributed by atoms with Gasteiger partial charge in [0.1, 0.15) is 6.09 Å². The number of aromatic nitrogens is 2. The molecule has 4 heterocycles. The molecule has 2 saturated heterocycles. The summed E-state index contributed by atoms with van der Waals surface area (Å²) in [5, 5.41) is 15.3. The number of pyridine rings is 2. The fourth-order valence-corrected chi connectivity index (χ4v) is 6.64. The van der Waals surface area contributed by atoms with E-state index >= 15 is 0 Å². The van der Waals surface area contributed by atoms with Crippen molar-refractivity contribution in [2.24, 2.45) is 11.3 Å². The van der Waals surface area contributed by atoms with Crippen molar-refractivity contribution in [2.45, 2.75) is 71.8 Å². The standard InChI is InChI=1S/C31H43F3N6O4/c1-7-22-25(26(30(3,4)5)31(32,33)34)40(29(42)43)17-16-39(22)23-12-11-21(20-10-9-14-35-28(20)44-8-2)37-24(23)27(41)36-19-13-15-38(6)18-19/h9-12,14,19,22,25-26H,7-8,13,15-18H2,1-6H3,(H,36,41)(H,42,43)/p-1/t19-,22-,25-,26?/m1/s1. The van der Waals surface area contributed by atoms with Crippen LogP contribution in [0, 0.1) is 11.3 Å². The smallest absolute Gasteiger partial charge is 0.394 e. The Morgan fingerprint density at radius 2 is 1.86 bits per heavy atom. The molecule has 2 aromatic rings. The summed E-state index contributed by atoms with van der Waals surface area (Å²) < 4.78 is 49.9. The van der Waals surface area contributed by atoms with Gasteiger partial charge in [0, 0.05) is 37.9 Å². The fraction of sp³-hybridized carbons (Fsp3) is 0.613. The van der Waals surface area contributed by atoms with Crippen molar-refractivity contribution >= 4 is 17.7 Å². The van der Waals surface area contributed by atoms with Gasteiger partial charge in [0.25, 0.3) is 5.91 Å². The van der Waals surface area contributed by atoms with Gasteiger partial charge in [-0.25, -0.2) is 9.97 Å². The van der Waals surface area contributed by atoms with E-state index < -0.39 is 41.6 Å². The molecule has 1 N–H and O–H groups in total. The normalized spacial score (nSPS) is 22.2. The number of alkyl halides is 3. The molecule has 242 valence electrons. The van der Waals surface area contributed by atoms with E-state index in [4.69, 9.17) is 9.72 Å². The molecule has 4 atom stereocenters. The Labute approximate surface area is 256 Å². The zero-order chi connectivity index (χ0) is 32.4. The lowest BCUT2D eigenvalue weighted by Crippen LogP contribution is -2.69. The van der Waals surface area contributed by atoms with E-state index in [2.05, 4.69) is 15.2 Å². The quantitative estimate of drug-likeness (QED) is 0.475. The average Bonchev–Trinajstić information content (AvgIpc) is 3.35. The summed E-state index contributed by atoms with van der Waals surface area (Å²) >= 11 is 0. The number of amides is 2. The SMILES string of the molecule is CCOc1ncccc1-c1ccc(N2CCN(C(=O)[O-])[C@@H](C(C(C)(C)C)C(F)(F)F)[C@H]2CC)c(C(=O)N[C@@H]2CCN(C)C2)n1. The lowest BCUT2D eigenvalue weighted by molar-refractivity contribution is -0.278. The Hall–Kier alpha value is -3.61. The van der Waals surface area contributed by atoms with Gasteiger partial charge in [-0.1, -0.05) is 27.7 Å². The van der Waals surface area contributed by atoms with E-state index in [0.717, 1.165) is 17.9 Å². The zero-order valence-corrected chi connectivity index (χ0v) is 26.1. The number of nitrogens with one attached hydrogen (secondary N) is 1. The summed E-state index contributed by atoms with van der Waals surface area (Å²) in [7, 11) is 1.96. The van der Waals surface area contributed by atoms with Crippen molar-refractivity contribution in [1.82, 2.24) is 25.1 Å². The van der Waals surface area contributed by atoms with Gasteiger partial charge < -0.3 is 34.7 Å². The molecule has 2 amide bonds. The number of anilines is 1. The van der Waals surface area contributed by atoms with E-state index in [1.54, 1.807) is 42.3 Å². The van der Waals surface area contributed by atoms with Crippen molar-refractivity contribution in [3.8, 4) is 17.1 Å². The Kier molecular flexibility index (Phi) is 9.96. The zero-order valence-electron chi connectivity index (χ0n) is 26.1. The van der Waals surface area contributed by atoms with Crippen LogP contribution in [0.5, 0.6) is 5.88 Å². The Morgan fingerprint density at radius 3 is 2.43 bits per heavy atom. The molecule has 13 heteroatoms. The molecule has 2 aromatic heterocycles. The average molecular weight is 620 g/mol. The van der Waals surface area contributed by atoms with Crippen LogP contribution in [0.15, 0.2) is 30.5 Å². The van der Waals surface area contributed by atoms with Crippen LogP contribution in [-0.4, -0.2) is 95.9 Å². The van der Waals surface area contributed by atoms with Crippen molar-refractivity contribution in [3.05, 3.63) is 36.2 Å². The predicted octanol–water partition coefficient (Wildman–Crippen LogP) is 3.81. The van der Waals surface area contributed by atoms with Crippen LogP contribution in [0.4, 0.5) is 23.7 Å². The van der Waals surface area contributed by atoms with Gasteiger partial charge in [-0.15, -0.1) is 0 Å².